The molecule has 0 radical (unpaired) electrons. The molecule has 0 fully saturated rings. The minimum atomic E-state index is -0.752. The van der Waals surface area contributed by atoms with Crippen LogP contribution in [0.4, 0.5) is 0 Å². The van der Waals surface area contributed by atoms with Gasteiger partial charge < -0.3 is 18.8 Å². The number of Topliss-reactive ketones (excluding diaryl/α,β-unsaturated/α-hetero) is 1. The van der Waals surface area contributed by atoms with E-state index in [4.69, 9.17) is 8.83 Å². The largest absolute Gasteiger partial charge is 0.503 e. The highest BCUT2D eigenvalue weighted by Crippen LogP contribution is 2.39. The molecule has 120 valence electrons. The Morgan fingerprint density at radius 2 is 1.96 bits per heavy atom. The van der Waals surface area contributed by atoms with E-state index in [1.165, 1.54) is 17.4 Å². The van der Waals surface area contributed by atoms with Crippen molar-refractivity contribution in [3.8, 4) is 0 Å². The molecule has 1 atom stereocenters. The van der Waals surface area contributed by atoms with Crippen LogP contribution < -0.4 is 0 Å². The van der Waals surface area contributed by atoms with Crippen LogP contribution in [-0.2, 0) is 16.1 Å². The lowest BCUT2D eigenvalue weighted by atomic mass is 9.94. The number of aliphatic hydroxyl groups excluding tert-OH is 1. The Balaban J connectivity index is 2.04. The normalized spacial score (nSPS) is 18.3. The molecule has 0 saturated heterocycles. The van der Waals surface area contributed by atoms with Crippen LogP contribution in [0, 0.1) is 5.92 Å². The smallest absolute Gasteiger partial charge is 0.290 e. The van der Waals surface area contributed by atoms with Gasteiger partial charge in [0, 0.05) is 5.92 Å². The Labute approximate surface area is 133 Å². The third kappa shape index (κ3) is 2.56. The van der Waals surface area contributed by atoms with Crippen LogP contribution in [-0.4, -0.2) is 21.7 Å². The van der Waals surface area contributed by atoms with Crippen molar-refractivity contribution in [1.29, 1.82) is 0 Å². The van der Waals surface area contributed by atoms with Gasteiger partial charge >= 0.3 is 0 Å². The van der Waals surface area contributed by atoms with Crippen molar-refractivity contribution in [3.05, 3.63) is 59.6 Å². The van der Waals surface area contributed by atoms with Crippen LogP contribution in [0.2, 0.25) is 0 Å². The van der Waals surface area contributed by atoms with Crippen LogP contribution in [0.5, 0.6) is 0 Å². The molecule has 1 amide bonds. The van der Waals surface area contributed by atoms with Crippen LogP contribution in [0.1, 0.15) is 31.4 Å². The zero-order chi connectivity index (χ0) is 16.6. The van der Waals surface area contributed by atoms with E-state index in [1.54, 1.807) is 38.1 Å². The van der Waals surface area contributed by atoms with E-state index in [9.17, 15) is 14.7 Å². The molecule has 3 heterocycles. The first-order valence-electron chi connectivity index (χ1n) is 7.34. The van der Waals surface area contributed by atoms with E-state index >= 15 is 0 Å². The second kappa shape index (κ2) is 5.79. The molecule has 0 spiro atoms. The third-order valence-electron chi connectivity index (χ3n) is 3.81. The summed E-state index contributed by atoms with van der Waals surface area (Å²) in [5.41, 5.74) is 0.0755. The second-order valence-electron chi connectivity index (χ2n) is 5.71. The van der Waals surface area contributed by atoms with Crippen molar-refractivity contribution in [2.45, 2.75) is 26.4 Å². The van der Waals surface area contributed by atoms with E-state index < -0.39 is 17.7 Å². The first-order chi connectivity index (χ1) is 11.0. The summed E-state index contributed by atoms with van der Waals surface area (Å²) in [6.07, 6.45) is 2.98. The van der Waals surface area contributed by atoms with Gasteiger partial charge in [-0.25, -0.2) is 0 Å². The number of furan rings is 2. The maximum Gasteiger partial charge on any atom is 0.290 e. The fourth-order valence-corrected chi connectivity index (χ4v) is 2.69. The van der Waals surface area contributed by atoms with E-state index in [1.807, 2.05) is 0 Å². The summed E-state index contributed by atoms with van der Waals surface area (Å²) in [6, 6.07) is 6.05. The highest BCUT2D eigenvalue weighted by Gasteiger charge is 2.45. The Morgan fingerprint density at radius 1 is 1.26 bits per heavy atom. The Morgan fingerprint density at radius 3 is 2.52 bits per heavy atom. The lowest BCUT2D eigenvalue weighted by Crippen LogP contribution is -2.30. The molecule has 0 aliphatic carbocycles. The lowest BCUT2D eigenvalue weighted by molar-refractivity contribution is -0.130. The average Bonchev–Trinajstić information content (AvgIpc) is 3.24. The Hall–Kier alpha value is -2.76. The highest BCUT2D eigenvalue weighted by atomic mass is 16.3. The number of ketones is 1. The SMILES string of the molecule is CC(C)C(=O)C1=C(O)C(=O)N(Cc2ccco2)C1c1ccco1. The van der Waals surface area contributed by atoms with Gasteiger partial charge in [0.05, 0.1) is 24.6 Å². The molecule has 2 aromatic rings. The topological polar surface area (TPSA) is 83.9 Å². The quantitative estimate of drug-likeness (QED) is 0.917. The molecular weight excluding hydrogens is 298 g/mol. The molecule has 2 aromatic heterocycles. The number of hydrogen-bond acceptors (Lipinski definition) is 5. The zero-order valence-corrected chi connectivity index (χ0v) is 12.9. The summed E-state index contributed by atoms with van der Waals surface area (Å²) >= 11 is 0. The van der Waals surface area contributed by atoms with Crippen molar-refractivity contribution in [3.63, 3.8) is 0 Å². The molecule has 1 aliphatic rings. The number of carbonyl (C=O) groups is 2. The first-order valence-corrected chi connectivity index (χ1v) is 7.34. The number of nitrogens with zero attached hydrogens (tertiary/aromatic N) is 1. The summed E-state index contributed by atoms with van der Waals surface area (Å²) in [7, 11) is 0. The van der Waals surface area contributed by atoms with Crippen LogP contribution in [0.15, 0.2) is 57.0 Å². The fraction of sp³-hybridized carbons (Fsp3) is 0.294. The summed E-state index contributed by atoms with van der Waals surface area (Å²) in [4.78, 5) is 26.3. The monoisotopic (exact) mass is 315 g/mol. The highest BCUT2D eigenvalue weighted by molar-refractivity contribution is 6.09. The van der Waals surface area contributed by atoms with E-state index in [-0.39, 0.29) is 23.8 Å². The molecule has 1 N–H and O–H groups in total. The molecule has 1 unspecified atom stereocenters. The van der Waals surface area contributed by atoms with Gasteiger partial charge in [-0.15, -0.1) is 0 Å². The van der Waals surface area contributed by atoms with Gasteiger partial charge in [0.2, 0.25) is 0 Å². The number of rotatable bonds is 5. The lowest BCUT2D eigenvalue weighted by Gasteiger charge is -2.24. The van der Waals surface area contributed by atoms with E-state index in [0.717, 1.165) is 0 Å². The predicted octanol–water partition coefficient (Wildman–Crippen LogP) is 2.99. The van der Waals surface area contributed by atoms with Crippen molar-refractivity contribution in [1.82, 2.24) is 4.90 Å². The molecule has 6 heteroatoms. The number of carbonyl (C=O) groups excluding carboxylic acids is 2. The van der Waals surface area contributed by atoms with Crippen molar-refractivity contribution >= 4 is 11.7 Å². The van der Waals surface area contributed by atoms with Gasteiger partial charge in [-0.1, -0.05) is 13.8 Å². The number of hydrogen-bond donors (Lipinski definition) is 1. The van der Waals surface area contributed by atoms with Gasteiger partial charge in [0.15, 0.2) is 11.5 Å². The van der Waals surface area contributed by atoms with Gasteiger partial charge in [-0.05, 0) is 24.3 Å². The van der Waals surface area contributed by atoms with Crippen molar-refractivity contribution < 1.29 is 23.5 Å². The summed E-state index contributed by atoms with van der Waals surface area (Å²) < 4.78 is 10.7. The van der Waals surface area contributed by atoms with Crippen molar-refractivity contribution in [2.75, 3.05) is 0 Å². The average molecular weight is 315 g/mol. The summed E-state index contributed by atoms with van der Waals surface area (Å²) in [5, 5.41) is 10.2. The molecule has 23 heavy (non-hydrogen) atoms. The molecule has 1 aliphatic heterocycles. The number of aliphatic hydroxyl groups is 1. The molecule has 0 bridgehead atoms. The zero-order valence-electron chi connectivity index (χ0n) is 12.9. The van der Waals surface area contributed by atoms with Crippen LogP contribution in [0.25, 0.3) is 0 Å². The molecular formula is C17H17NO5. The van der Waals surface area contributed by atoms with Gasteiger partial charge in [0.25, 0.3) is 5.91 Å². The minimum Gasteiger partial charge on any atom is -0.503 e. The van der Waals surface area contributed by atoms with Gasteiger partial charge in [0.1, 0.15) is 17.6 Å². The van der Waals surface area contributed by atoms with Gasteiger partial charge in [-0.2, -0.15) is 0 Å². The molecule has 0 saturated carbocycles. The molecule has 6 nitrogen and oxygen atoms in total. The maximum absolute atomic E-state index is 12.5. The van der Waals surface area contributed by atoms with E-state index in [2.05, 4.69) is 0 Å². The van der Waals surface area contributed by atoms with E-state index in [0.29, 0.717) is 11.5 Å². The Bertz CT molecular complexity index is 740. The minimum absolute atomic E-state index is 0.0755. The Kier molecular flexibility index (Phi) is 3.82. The predicted molar refractivity (Wildman–Crippen MR) is 80.2 cm³/mol. The number of amides is 1. The standard InChI is InChI=1S/C17H17NO5/c1-10(2)15(19)13-14(12-6-4-8-23-12)18(17(21)16(13)20)9-11-5-3-7-22-11/h3-8,10,14,20H,9H2,1-2H3. The molecule has 0 aromatic carbocycles. The summed E-state index contributed by atoms with van der Waals surface area (Å²) in [6.45, 7) is 3.58. The fourth-order valence-electron chi connectivity index (χ4n) is 2.69. The maximum atomic E-state index is 12.5. The van der Waals surface area contributed by atoms with Crippen molar-refractivity contribution in [2.24, 2.45) is 5.92 Å². The van der Waals surface area contributed by atoms with Gasteiger partial charge in [-0.3, -0.25) is 9.59 Å². The summed E-state index contributed by atoms with van der Waals surface area (Å²) in [5.74, 6) is -0.762. The molecule has 3 rings (SSSR count). The van der Waals surface area contributed by atoms with Crippen LogP contribution >= 0.6 is 0 Å². The first kappa shape index (κ1) is 15.1. The second-order valence-corrected chi connectivity index (χ2v) is 5.71. The third-order valence-corrected chi connectivity index (χ3v) is 3.81. The van der Waals surface area contributed by atoms with Crippen LogP contribution in [0.3, 0.4) is 0 Å².